The molecule has 2 aromatic rings. The fourth-order valence-corrected chi connectivity index (χ4v) is 1.53. The van der Waals surface area contributed by atoms with Gasteiger partial charge in [-0.25, -0.2) is 4.39 Å². The number of rotatable bonds is 2. The Labute approximate surface area is 86.3 Å². The molecule has 2 N–H and O–H groups in total. The Balaban J connectivity index is 2.62. The highest BCUT2D eigenvalue weighted by Crippen LogP contribution is 2.15. The average Bonchev–Trinajstić information content (AvgIpc) is 2.59. The number of fused-ring (bicyclic) bond motifs is 1. The molecule has 1 atom stereocenters. The minimum atomic E-state index is -0.570. The van der Waals surface area contributed by atoms with E-state index in [4.69, 9.17) is 5.73 Å². The number of nitrogens with zero attached hydrogens (tertiary/aromatic N) is 1. The van der Waals surface area contributed by atoms with Crippen LogP contribution in [0.1, 0.15) is 17.3 Å². The van der Waals surface area contributed by atoms with Gasteiger partial charge < -0.3 is 10.1 Å². The first-order chi connectivity index (χ1) is 7.09. The van der Waals surface area contributed by atoms with Crippen molar-refractivity contribution in [2.45, 2.75) is 13.0 Å². The zero-order chi connectivity index (χ0) is 11.0. The summed E-state index contributed by atoms with van der Waals surface area (Å²) in [6.45, 7) is 1.62. The molecule has 0 saturated heterocycles. The van der Waals surface area contributed by atoms with Gasteiger partial charge in [-0.15, -0.1) is 0 Å². The minimum Gasteiger partial charge on any atom is -0.323 e. The van der Waals surface area contributed by atoms with Crippen LogP contribution in [-0.2, 0) is 0 Å². The highest BCUT2D eigenvalue weighted by Gasteiger charge is 2.15. The Hall–Kier alpha value is -1.68. The molecule has 0 aliphatic heterocycles. The normalized spacial score (nSPS) is 13.0. The van der Waals surface area contributed by atoms with Crippen molar-refractivity contribution in [1.82, 2.24) is 4.40 Å². The molecular formula is C11H11FN2O. The molecule has 0 aliphatic rings. The van der Waals surface area contributed by atoms with E-state index in [9.17, 15) is 9.18 Å². The molecule has 2 rings (SSSR count). The number of aromatic nitrogens is 1. The maximum absolute atomic E-state index is 13.0. The fraction of sp³-hybridized carbons (Fsp3) is 0.182. The van der Waals surface area contributed by atoms with Crippen LogP contribution in [0.2, 0.25) is 0 Å². The van der Waals surface area contributed by atoms with Gasteiger partial charge in [-0.2, -0.15) is 0 Å². The first kappa shape index (κ1) is 9.86. The van der Waals surface area contributed by atoms with Gasteiger partial charge in [0.05, 0.1) is 11.6 Å². The number of carbonyl (C=O) groups excluding carboxylic acids is 1. The molecule has 2 heterocycles. The summed E-state index contributed by atoms with van der Waals surface area (Å²) in [5, 5.41) is 0. The van der Waals surface area contributed by atoms with Crippen molar-refractivity contribution in [2.75, 3.05) is 0 Å². The molecule has 0 radical (unpaired) electrons. The Kier molecular flexibility index (Phi) is 2.28. The third-order valence-electron chi connectivity index (χ3n) is 2.30. The Bertz CT molecular complexity index is 516. The second-order valence-corrected chi connectivity index (χ2v) is 3.52. The van der Waals surface area contributed by atoms with Gasteiger partial charge in [0.2, 0.25) is 0 Å². The first-order valence-electron chi connectivity index (χ1n) is 4.65. The lowest BCUT2D eigenvalue weighted by molar-refractivity contribution is 0.0969. The van der Waals surface area contributed by atoms with Crippen LogP contribution in [0.3, 0.4) is 0 Å². The summed E-state index contributed by atoms with van der Waals surface area (Å²) in [5.74, 6) is -0.539. The van der Waals surface area contributed by atoms with Gasteiger partial charge in [-0.3, -0.25) is 4.79 Å². The van der Waals surface area contributed by atoms with Gasteiger partial charge in [0.1, 0.15) is 5.82 Å². The van der Waals surface area contributed by atoms with Crippen LogP contribution < -0.4 is 5.73 Å². The Morgan fingerprint density at radius 3 is 2.80 bits per heavy atom. The van der Waals surface area contributed by atoms with Gasteiger partial charge in [0, 0.05) is 18.0 Å². The van der Waals surface area contributed by atoms with Crippen LogP contribution in [0.15, 0.2) is 30.6 Å². The smallest absolute Gasteiger partial charge is 0.181 e. The van der Waals surface area contributed by atoms with E-state index in [1.807, 2.05) is 0 Å². The third-order valence-corrected chi connectivity index (χ3v) is 2.30. The molecule has 0 fully saturated rings. The molecule has 1 unspecified atom stereocenters. The highest BCUT2D eigenvalue weighted by atomic mass is 19.1. The van der Waals surface area contributed by atoms with Crippen LogP contribution in [0.4, 0.5) is 4.39 Å². The Morgan fingerprint density at radius 1 is 1.47 bits per heavy atom. The Morgan fingerprint density at radius 2 is 2.13 bits per heavy atom. The van der Waals surface area contributed by atoms with Crippen LogP contribution in [0.5, 0.6) is 0 Å². The first-order valence-corrected chi connectivity index (χ1v) is 4.65. The van der Waals surface area contributed by atoms with Crippen LogP contribution in [0.25, 0.3) is 5.52 Å². The molecule has 0 bridgehead atoms. The molecule has 0 amide bonds. The quantitative estimate of drug-likeness (QED) is 0.759. The lowest BCUT2D eigenvalue weighted by Crippen LogP contribution is -2.26. The zero-order valence-electron chi connectivity index (χ0n) is 8.27. The van der Waals surface area contributed by atoms with Crippen LogP contribution >= 0.6 is 0 Å². The number of halogens is 1. The SMILES string of the molecule is CC(N)C(=O)c1ccn2ccc(F)cc12. The van der Waals surface area contributed by atoms with Gasteiger partial charge in [0.15, 0.2) is 5.78 Å². The van der Waals surface area contributed by atoms with Crippen molar-refractivity contribution in [1.29, 1.82) is 0 Å². The van der Waals surface area contributed by atoms with Crippen molar-refractivity contribution in [3.8, 4) is 0 Å². The summed E-state index contributed by atoms with van der Waals surface area (Å²) in [6.07, 6.45) is 3.28. The topological polar surface area (TPSA) is 47.5 Å². The van der Waals surface area contributed by atoms with Crippen LogP contribution in [-0.4, -0.2) is 16.2 Å². The number of hydrogen-bond donors (Lipinski definition) is 1. The molecular weight excluding hydrogens is 195 g/mol. The third kappa shape index (κ3) is 1.64. The molecule has 4 heteroatoms. The highest BCUT2D eigenvalue weighted by molar-refractivity contribution is 6.05. The molecule has 2 aromatic heterocycles. The number of nitrogens with two attached hydrogens (primary N) is 1. The second kappa shape index (κ2) is 3.47. The summed E-state index contributed by atoms with van der Waals surface area (Å²) < 4.78 is 14.7. The zero-order valence-corrected chi connectivity index (χ0v) is 8.27. The monoisotopic (exact) mass is 206 g/mol. The minimum absolute atomic E-state index is 0.178. The number of hydrogen-bond acceptors (Lipinski definition) is 2. The van der Waals surface area contributed by atoms with E-state index in [0.29, 0.717) is 11.1 Å². The molecule has 3 nitrogen and oxygen atoms in total. The predicted octanol–water partition coefficient (Wildman–Crippen LogP) is 1.61. The number of ketones is 1. The maximum atomic E-state index is 13.0. The average molecular weight is 206 g/mol. The number of Topliss-reactive ketones (excluding diaryl/α,β-unsaturated/α-hetero) is 1. The van der Waals surface area contributed by atoms with E-state index >= 15 is 0 Å². The predicted molar refractivity (Wildman–Crippen MR) is 55.3 cm³/mol. The van der Waals surface area contributed by atoms with Crippen molar-refractivity contribution in [3.63, 3.8) is 0 Å². The maximum Gasteiger partial charge on any atom is 0.181 e. The summed E-state index contributed by atoms with van der Waals surface area (Å²) in [6, 6.07) is 3.75. The lowest BCUT2D eigenvalue weighted by atomic mass is 10.1. The van der Waals surface area contributed by atoms with E-state index in [1.165, 1.54) is 12.1 Å². The summed E-state index contributed by atoms with van der Waals surface area (Å²) in [4.78, 5) is 11.7. The molecule has 0 aliphatic carbocycles. The van der Waals surface area contributed by atoms with Crippen molar-refractivity contribution in [2.24, 2.45) is 5.73 Å². The van der Waals surface area contributed by atoms with Gasteiger partial charge >= 0.3 is 0 Å². The van der Waals surface area contributed by atoms with Gasteiger partial charge in [-0.05, 0) is 25.1 Å². The number of pyridine rings is 1. The van der Waals surface area contributed by atoms with Crippen LogP contribution in [0, 0.1) is 5.82 Å². The summed E-state index contributed by atoms with van der Waals surface area (Å²) >= 11 is 0. The molecule has 0 spiro atoms. The van der Waals surface area contributed by atoms with E-state index in [-0.39, 0.29) is 11.6 Å². The molecule has 15 heavy (non-hydrogen) atoms. The van der Waals surface area contributed by atoms with Crippen molar-refractivity contribution >= 4 is 11.3 Å². The van der Waals surface area contributed by atoms with E-state index in [2.05, 4.69) is 0 Å². The number of carbonyl (C=O) groups is 1. The lowest BCUT2D eigenvalue weighted by Gasteiger charge is -2.03. The summed E-state index contributed by atoms with van der Waals surface area (Å²) in [5.41, 5.74) is 6.52. The van der Waals surface area contributed by atoms with Crippen molar-refractivity contribution in [3.05, 3.63) is 42.0 Å². The summed E-state index contributed by atoms with van der Waals surface area (Å²) in [7, 11) is 0. The van der Waals surface area contributed by atoms with Gasteiger partial charge in [0.25, 0.3) is 0 Å². The fourth-order valence-electron chi connectivity index (χ4n) is 1.53. The molecule has 78 valence electrons. The van der Waals surface area contributed by atoms with E-state index in [0.717, 1.165) is 0 Å². The van der Waals surface area contributed by atoms with E-state index in [1.54, 1.807) is 29.8 Å². The van der Waals surface area contributed by atoms with Gasteiger partial charge in [-0.1, -0.05) is 0 Å². The van der Waals surface area contributed by atoms with Crippen molar-refractivity contribution < 1.29 is 9.18 Å². The molecule has 0 aromatic carbocycles. The van der Waals surface area contributed by atoms with E-state index < -0.39 is 6.04 Å². The second-order valence-electron chi connectivity index (χ2n) is 3.52. The largest absolute Gasteiger partial charge is 0.323 e. The molecule has 0 saturated carbocycles. The standard InChI is InChI=1S/C11H11FN2O/c1-7(13)11(15)9-3-5-14-4-2-8(12)6-10(9)14/h2-7H,13H2,1H3.